The number of nitrogens with one attached hydrogen (secondary N) is 1. The fourth-order valence-electron chi connectivity index (χ4n) is 2.95. The van der Waals surface area contributed by atoms with Crippen LogP contribution >= 0.6 is 0 Å². The van der Waals surface area contributed by atoms with Gasteiger partial charge in [0.25, 0.3) is 5.91 Å². The third-order valence-electron chi connectivity index (χ3n) is 4.53. The standard InChI is InChI=1S/C23H18F3NO3/c1-30-21-10-7-18(17-4-2-3-16(11-17)14-28)12-20(21)22(29)27-13-15-5-8-19(9-6-15)23(24,25)26/h2-12,14H,13H2,1H3,(H,27,29). The Balaban J connectivity index is 1.80. The molecular weight excluding hydrogens is 395 g/mol. The lowest BCUT2D eigenvalue weighted by molar-refractivity contribution is -0.137. The van der Waals surface area contributed by atoms with Crippen molar-refractivity contribution in [3.05, 3.63) is 89.0 Å². The fraction of sp³-hybridized carbons (Fsp3) is 0.130. The third kappa shape index (κ3) is 4.86. The molecule has 1 N–H and O–H groups in total. The quantitative estimate of drug-likeness (QED) is 0.571. The minimum absolute atomic E-state index is 0.0605. The summed E-state index contributed by atoms with van der Waals surface area (Å²) < 4.78 is 43.2. The molecule has 0 aliphatic carbocycles. The lowest BCUT2D eigenvalue weighted by Gasteiger charge is -2.12. The van der Waals surface area contributed by atoms with E-state index in [0.29, 0.717) is 16.9 Å². The van der Waals surface area contributed by atoms with E-state index in [9.17, 15) is 22.8 Å². The minimum atomic E-state index is -4.41. The smallest absolute Gasteiger partial charge is 0.416 e. The van der Waals surface area contributed by atoms with Gasteiger partial charge in [0.05, 0.1) is 18.2 Å². The molecule has 0 saturated heterocycles. The number of carbonyl (C=O) groups excluding carboxylic acids is 2. The van der Waals surface area contributed by atoms with Gasteiger partial charge in [-0.05, 0) is 47.0 Å². The molecular formula is C23H18F3NO3. The predicted molar refractivity (Wildman–Crippen MR) is 106 cm³/mol. The van der Waals surface area contributed by atoms with E-state index in [4.69, 9.17) is 4.74 Å². The molecule has 0 saturated carbocycles. The van der Waals surface area contributed by atoms with Crippen LogP contribution in [-0.4, -0.2) is 19.3 Å². The van der Waals surface area contributed by atoms with E-state index in [2.05, 4.69) is 5.32 Å². The van der Waals surface area contributed by atoms with Gasteiger partial charge in [-0.25, -0.2) is 0 Å². The van der Waals surface area contributed by atoms with Crippen molar-refractivity contribution in [3.8, 4) is 16.9 Å². The first kappa shape index (κ1) is 21.1. The van der Waals surface area contributed by atoms with Crippen molar-refractivity contribution in [2.45, 2.75) is 12.7 Å². The molecule has 0 spiro atoms. The van der Waals surface area contributed by atoms with E-state index >= 15 is 0 Å². The predicted octanol–water partition coefficient (Wildman–Crippen LogP) is 5.12. The number of aldehydes is 1. The highest BCUT2D eigenvalue weighted by molar-refractivity contribution is 5.98. The van der Waals surface area contributed by atoms with Crippen LogP contribution in [0.3, 0.4) is 0 Å². The van der Waals surface area contributed by atoms with Crippen molar-refractivity contribution in [1.82, 2.24) is 5.32 Å². The summed E-state index contributed by atoms with van der Waals surface area (Å²) in [4.78, 5) is 23.7. The van der Waals surface area contributed by atoms with Gasteiger partial charge >= 0.3 is 6.18 Å². The number of benzene rings is 3. The molecule has 0 fully saturated rings. The van der Waals surface area contributed by atoms with Crippen molar-refractivity contribution < 1.29 is 27.5 Å². The Bertz CT molecular complexity index is 1060. The van der Waals surface area contributed by atoms with Gasteiger partial charge < -0.3 is 10.1 Å². The van der Waals surface area contributed by atoms with Crippen LogP contribution < -0.4 is 10.1 Å². The molecule has 3 rings (SSSR count). The summed E-state index contributed by atoms with van der Waals surface area (Å²) in [7, 11) is 1.44. The summed E-state index contributed by atoms with van der Waals surface area (Å²) in [5, 5.41) is 2.69. The lowest BCUT2D eigenvalue weighted by atomic mass is 10.0. The van der Waals surface area contributed by atoms with E-state index in [1.165, 1.54) is 19.2 Å². The molecule has 0 unspecified atom stereocenters. The zero-order valence-electron chi connectivity index (χ0n) is 16.0. The molecule has 7 heteroatoms. The van der Waals surface area contributed by atoms with Gasteiger partial charge in [-0.15, -0.1) is 0 Å². The largest absolute Gasteiger partial charge is 0.496 e. The van der Waals surface area contributed by atoms with Crippen LogP contribution in [0.2, 0.25) is 0 Å². The highest BCUT2D eigenvalue weighted by atomic mass is 19.4. The van der Waals surface area contributed by atoms with Crippen molar-refractivity contribution in [3.63, 3.8) is 0 Å². The van der Waals surface area contributed by atoms with Gasteiger partial charge in [0.15, 0.2) is 0 Å². The Morgan fingerprint density at radius 1 is 1.00 bits per heavy atom. The molecule has 3 aromatic carbocycles. The second kappa shape index (κ2) is 8.82. The van der Waals surface area contributed by atoms with Crippen LogP contribution in [0.5, 0.6) is 5.75 Å². The number of amides is 1. The van der Waals surface area contributed by atoms with E-state index in [-0.39, 0.29) is 12.1 Å². The molecule has 0 aliphatic heterocycles. The molecule has 0 aromatic heterocycles. The van der Waals surface area contributed by atoms with Gasteiger partial charge in [0.2, 0.25) is 0 Å². The van der Waals surface area contributed by atoms with Crippen molar-refractivity contribution >= 4 is 12.2 Å². The van der Waals surface area contributed by atoms with Gasteiger partial charge in [-0.1, -0.05) is 36.4 Å². The molecule has 0 heterocycles. The summed E-state index contributed by atoms with van der Waals surface area (Å²) in [5.41, 5.74) is 2.06. The maximum absolute atomic E-state index is 12.7. The van der Waals surface area contributed by atoms with Crippen LogP contribution in [0.15, 0.2) is 66.7 Å². The molecule has 1 amide bonds. The van der Waals surface area contributed by atoms with E-state index in [0.717, 1.165) is 29.5 Å². The van der Waals surface area contributed by atoms with Crippen molar-refractivity contribution in [2.75, 3.05) is 7.11 Å². The van der Waals surface area contributed by atoms with E-state index < -0.39 is 17.6 Å². The Hall–Kier alpha value is -3.61. The molecule has 0 radical (unpaired) electrons. The van der Waals surface area contributed by atoms with E-state index in [1.807, 2.05) is 6.07 Å². The average molecular weight is 413 g/mol. The second-order valence-electron chi connectivity index (χ2n) is 6.54. The highest BCUT2D eigenvalue weighted by Gasteiger charge is 2.29. The SMILES string of the molecule is COc1ccc(-c2cccc(C=O)c2)cc1C(=O)NCc1ccc(C(F)(F)F)cc1. The molecule has 154 valence electrons. The first-order valence-electron chi connectivity index (χ1n) is 9.00. The van der Waals surface area contributed by atoms with Gasteiger partial charge in [0.1, 0.15) is 12.0 Å². The Kier molecular flexibility index (Phi) is 6.20. The Labute approximate surface area is 171 Å². The van der Waals surface area contributed by atoms with Crippen molar-refractivity contribution in [1.29, 1.82) is 0 Å². The number of hydrogen-bond acceptors (Lipinski definition) is 3. The summed E-state index contributed by atoms with van der Waals surface area (Å²) in [6.45, 7) is 0.0605. The third-order valence-corrected chi connectivity index (χ3v) is 4.53. The molecule has 0 atom stereocenters. The van der Waals surface area contributed by atoms with Crippen LogP contribution in [-0.2, 0) is 12.7 Å². The molecule has 0 bridgehead atoms. The van der Waals surface area contributed by atoms with Crippen LogP contribution in [0, 0.1) is 0 Å². The topological polar surface area (TPSA) is 55.4 Å². The zero-order valence-corrected chi connectivity index (χ0v) is 16.0. The van der Waals surface area contributed by atoms with Crippen molar-refractivity contribution in [2.24, 2.45) is 0 Å². The molecule has 4 nitrogen and oxygen atoms in total. The number of alkyl halides is 3. The monoisotopic (exact) mass is 413 g/mol. The number of halogens is 3. The molecule has 0 aliphatic rings. The first-order chi connectivity index (χ1) is 14.3. The summed E-state index contributed by atoms with van der Waals surface area (Å²) in [6.07, 6.45) is -3.67. The zero-order chi connectivity index (χ0) is 21.7. The number of hydrogen-bond donors (Lipinski definition) is 1. The number of ether oxygens (including phenoxy) is 1. The number of methoxy groups -OCH3 is 1. The van der Waals surface area contributed by atoms with Crippen LogP contribution in [0.1, 0.15) is 31.8 Å². The maximum Gasteiger partial charge on any atom is 0.416 e. The average Bonchev–Trinajstić information content (AvgIpc) is 2.76. The molecule has 3 aromatic rings. The Morgan fingerprint density at radius 3 is 2.33 bits per heavy atom. The Morgan fingerprint density at radius 2 is 1.70 bits per heavy atom. The van der Waals surface area contributed by atoms with E-state index in [1.54, 1.807) is 36.4 Å². The lowest BCUT2D eigenvalue weighted by Crippen LogP contribution is -2.23. The maximum atomic E-state index is 12.7. The van der Waals surface area contributed by atoms with Gasteiger partial charge in [-0.3, -0.25) is 9.59 Å². The minimum Gasteiger partial charge on any atom is -0.496 e. The van der Waals surface area contributed by atoms with Crippen LogP contribution in [0.4, 0.5) is 13.2 Å². The fourth-order valence-corrected chi connectivity index (χ4v) is 2.95. The summed E-state index contributed by atoms with van der Waals surface area (Å²) >= 11 is 0. The summed E-state index contributed by atoms with van der Waals surface area (Å²) in [5.74, 6) is -0.0737. The van der Waals surface area contributed by atoms with Gasteiger partial charge in [0, 0.05) is 12.1 Å². The normalized spacial score (nSPS) is 11.1. The summed E-state index contributed by atoms with van der Waals surface area (Å²) in [6, 6.07) is 16.6. The number of rotatable bonds is 6. The highest BCUT2D eigenvalue weighted by Crippen LogP contribution is 2.29. The van der Waals surface area contributed by atoms with Gasteiger partial charge in [-0.2, -0.15) is 13.2 Å². The second-order valence-corrected chi connectivity index (χ2v) is 6.54. The number of carbonyl (C=O) groups is 2. The van der Waals surface area contributed by atoms with Crippen LogP contribution in [0.25, 0.3) is 11.1 Å². The first-order valence-corrected chi connectivity index (χ1v) is 9.00. The molecule has 30 heavy (non-hydrogen) atoms.